The van der Waals surface area contributed by atoms with Crippen molar-refractivity contribution in [2.24, 2.45) is 0 Å². The molecule has 13 heteroatoms. The van der Waals surface area contributed by atoms with Crippen molar-refractivity contribution in [3.05, 3.63) is 90.4 Å². The van der Waals surface area contributed by atoms with Gasteiger partial charge in [-0.1, -0.05) is 18.2 Å². The van der Waals surface area contributed by atoms with Crippen LogP contribution in [0.1, 0.15) is 17.9 Å². The molecular formula is C32H27F4N5O4. The molecule has 2 atom stereocenters. The van der Waals surface area contributed by atoms with Crippen LogP contribution in [0, 0.1) is 11.8 Å². The number of hydrogen-bond acceptors (Lipinski definition) is 7. The first-order valence-electron chi connectivity index (χ1n) is 14.1. The Labute approximate surface area is 254 Å². The molecule has 45 heavy (non-hydrogen) atoms. The molecule has 4 aromatic heterocycles. The second-order valence-electron chi connectivity index (χ2n) is 10.3. The van der Waals surface area contributed by atoms with Crippen molar-refractivity contribution in [3.63, 3.8) is 0 Å². The van der Waals surface area contributed by atoms with Gasteiger partial charge in [-0.3, -0.25) is 9.78 Å². The van der Waals surface area contributed by atoms with Crippen LogP contribution in [0.2, 0.25) is 0 Å². The number of carbonyl (C=O) groups excluding carboxylic acids is 1. The van der Waals surface area contributed by atoms with Crippen molar-refractivity contribution >= 4 is 22.8 Å². The van der Waals surface area contributed by atoms with Crippen LogP contribution < -0.4 is 10.1 Å². The SMILES string of the molecule is O=C(Nc1cc(-c2[nH]c3c(OC[C@@H]4COCCO4)cc(F)nc3c2-c2ccccn2)ccn1)[C@H](CC(F)F)c1ccc(F)cc1. The summed E-state index contributed by atoms with van der Waals surface area (Å²) in [5.41, 5.74) is 2.85. The van der Waals surface area contributed by atoms with E-state index in [1.807, 2.05) is 0 Å². The number of amides is 1. The van der Waals surface area contributed by atoms with Crippen LogP contribution >= 0.6 is 0 Å². The van der Waals surface area contributed by atoms with Gasteiger partial charge in [0.2, 0.25) is 18.3 Å². The summed E-state index contributed by atoms with van der Waals surface area (Å²) in [6, 6.07) is 14.5. The van der Waals surface area contributed by atoms with Crippen molar-refractivity contribution in [1.29, 1.82) is 0 Å². The summed E-state index contributed by atoms with van der Waals surface area (Å²) in [5, 5.41) is 2.61. The largest absolute Gasteiger partial charge is 0.488 e. The minimum Gasteiger partial charge on any atom is -0.488 e. The van der Waals surface area contributed by atoms with Gasteiger partial charge in [0.25, 0.3) is 0 Å². The number of benzene rings is 1. The number of fused-ring (bicyclic) bond motifs is 1. The first kappa shape index (κ1) is 30.2. The molecule has 0 radical (unpaired) electrons. The first-order valence-corrected chi connectivity index (χ1v) is 14.1. The Balaban J connectivity index is 1.37. The molecule has 232 valence electrons. The Morgan fingerprint density at radius 2 is 1.89 bits per heavy atom. The minimum atomic E-state index is -2.78. The highest BCUT2D eigenvalue weighted by molar-refractivity contribution is 6.03. The van der Waals surface area contributed by atoms with Crippen molar-refractivity contribution in [2.75, 3.05) is 31.7 Å². The second kappa shape index (κ2) is 13.4. The van der Waals surface area contributed by atoms with Gasteiger partial charge < -0.3 is 24.5 Å². The van der Waals surface area contributed by atoms with Crippen LogP contribution in [-0.2, 0) is 14.3 Å². The van der Waals surface area contributed by atoms with E-state index < -0.39 is 36.4 Å². The van der Waals surface area contributed by atoms with Crippen molar-refractivity contribution in [2.45, 2.75) is 24.9 Å². The number of rotatable bonds is 10. The molecule has 5 heterocycles. The predicted molar refractivity (Wildman–Crippen MR) is 157 cm³/mol. The van der Waals surface area contributed by atoms with Gasteiger partial charge in [0.1, 0.15) is 41.1 Å². The molecule has 0 spiro atoms. The third kappa shape index (κ3) is 6.94. The monoisotopic (exact) mass is 621 g/mol. The lowest BCUT2D eigenvalue weighted by Gasteiger charge is -2.23. The predicted octanol–water partition coefficient (Wildman–Crippen LogP) is 6.14. The van der Waals surface area contributed by atoms with E-state index >= 15 is 0 Å². The number of hydrogen-bond donors (Lipinski definition) is 2. The highest BCUT2D eigenvalue weighted by Crippen LogP contribution is 2.40. The number of halogens is 4. The van der Waals surface area contributed by atoms with Gasteiger partial charge in [-0.25, -0.2) is 23.1 Å². The lowest BCUT2D eigenvalue weighted by molar-refractivity contribution is -0.118. The van der Waals surface area contributed by atoms with E-state index in [4.69, 9.17) is 14.2 Å². The third-order valence-electron chi connectivity index (χ3n) is 7.22. The molecule has 0 unspecified atom stereocenters. The number of alkyl halides is 2. The van der Waals surface area contributed by atoms with Gasteiger partial charge in [-0.2, -0.15) is 4.39 Å². The molecule has 6 rings (SSSR count). The summed E-state index contributed by atoms with van der Waals surface area (Å²) >= 11 is 0. The van der Waals surface area contributed by atoms with E-state index in [2.05, 4.69) is 25.3 Å². The van der Waals surface area contributed by atoms with Crippen LogP contribution in [0.4, 0.5) is 23.4 Å². The number of ether oxygens (including phenoxy) is 3. The Kier molecular flexibility index (Phi) is 8.98. The van der Waals surface area contributed by atoms with Gasteiger partial charge in [-0.15, -0.1) is 0 Å². The summed E-state index contributed by atoms with van der Waals surface area (Å²) in [6.07, 6.45) is -0.846. The van der Waals surface area contributed by atoms with Crippen LogP contribution in [0.5, 0.6) is 5.75 Å². The number of anilines is 1. The molecule has 1 aliphatic heterocycles. The van der Waals surface area contributed by atoms with E-state index in [0.717, 1.165) is 12.1 Å². The molecule has 0 aliphatic carbocycles. The van der Waals surface area contributed by atoms with E-state index in [9.17, 15) is 22.4 Å². The average molecular weight is 622 g/mol. The van der Waals surface area contributed by atoms with Crippen LogP contribution in [0.15, 0.2) is 73.1 Å². The molecule has 0 saturated carbocycles. The molecule has 9 nitrogen and oxygen atoms in total. The molecule has 5 aromatic rings. The number of pyridine rings is 3. The summed E-state index contributed by atoms with van der Waals surface area (Å²) in [6.45, 7) is 1.38. The highest BCUT2D eigenvalue weighted by atomic mass is 19.3. The number of nitrogens with zero attached hydrogens (tertiary/aromatic N) is 3. The van der Waals surface area contributed by atoms with Crippen molar-refractivity contribution < 1.29 is 36.6 Å². The second-order valence-corrected chi connectivity index (χ2v) is 10.3. The molecule has 0 bridgehead atoms. The smallest absolute Gasteiger partial charge is 0.239 e. The van der Waals surface area contributed by atoms with Gasteiger partial charge in [0, 0.05) is 30.4 Å². The van der Waals surface area contributed by atoms with Crippen LogP contribution in [0.25, 0.3) is 33.5 Å². The van der Waals surface area contributed by atoms with Gasteiger partial charge in [0.15, 0.2) is 0 Å². The average Bonchev–Trinajstić information content (AvgIpc) is 3.43. The fourth-order valence-corrected chi connectivity index (χ4v) is 5.14. The van der Waals surface area contributed by atoms with Crippen LogP contribution in [-0.4, -0.2) is 64.8 Å². The van der Waals surface area contributed by atoms with Gasteiger partial charge >= 0.3 is 0 Å². The number of aromatic amines is 1. The molecule has 1 amide bonds. The number of H-pyrrole nitrogens is 1. The normalized spacial score (nSPS) is 15.7. The molecule has 1 aliphatic rings. The van der Waals surface area contributed by atoms with Crippen LogP contribution in [0.3, 0.4) is 0 Å². The maximum Gasteiger partial charge on any atom is 0.239 e. The lowest BCUT2D eigenvalue weighted by Crippen LogP contribution is -2.33. The zero-order chi connectivity index (χ0) is 31.3. The Morgan fingerprint density at radius 1 is 1.04 bits per heavy atom. The minimum absolute atomic E-state index is 0.0783. The molecule has 1 fully saturated rings. The number of nitrogens with one attached hydrogen (secondary N) is 2. The quantitative estimate of drug-likeness (QED) is 0.142. The summed E-state index contributed by atoms with van der Waals surface area (Å²) in [5.74, 6) is -3.03. The third-order valence-corrected chi connectivity index (χ3v) is 7.22. The van der Waals surface area contributed by atoms with Gasteiger partial charge in [0.05, 0.1) is 42.7 Å². The summed E-state index contributed by atoms with van der Waals surface area (Å²) < 4.78 is 72.3. The fraction of sp³-hybridized carbons (Fsp3) is 0.250. The maximum absolute atomic E-state index is 14.9. The molecular weight excluding hydrogens is 594 g/mol. The molecule has 1 aromatic carbocycles. The van der Waals surface area contributed by atoms with E-state index in [1.165, 1.54) is 24.4 Å². The zero-order valence-electron chi connectivity index (χ0n) is 23.7. The van der Waals surface area contributed by atoms with Crippen molar-refractivity contribution in [3.8, 4) is 28.3 Å². The summed E-state index contributed by atoms with van der Waals surface area (Å²) in [4.78, 5) is 29.3. The fourth-order valence-electron chi connectivity index (χ4n) is 5.14. The Morgan fingerprint density at radius 3 is 2.62 bits per heavy atom. The topological polar surface area (TPSA) is 111 Å². The van der Waals surface area contributed by atoms with Crippen molar-refractivity contribution in [1.82, 2.24) is 19.9 Å². The first-order chi connectivity index (χ1) is 21.9. The zero-order valence-corrected chi connectivity index (χ0v) is 23.7. The standard InChI is InChI=1S/C32H27F4N5O4/c33-20-6-4-18(5-7-20)22(14-25(34)35)32(42)40-27-13-19(8-10-38-27)29-28(23-3-1-2-9-37-23)31-30(41-29)24(15-26(36)39-31)45-17-21-16-43-11-12-44-21/h1-10,13,15,21-22,25,41H,11-12,14,16-17H2,(H,38,40,42)/t21-,22+/m0/s1. The Hall–Kier alpha value is -4.88. The number of carbonyl (C=O) groups is 1. The van der Waals surface area contributed by atoms with E-state index in [0.29, 0.717) is 47.9 Å². The Bertz CT molecular complexity index is 1780. The maximum atomic E-state index is 14.9. The van der Waals surface area contributed by atoms with Gasteiger partial charge in [-0.05, 0) is 42.0 Å². The summed E-state index contributed by atoms with van der Waals surface area (Å²) in [7, 11) is 0. The highest BCUT2D eigenvalue weighted by Gasteiger charge is 2.26. The lowest BCUT2D eigenvalue weighted by atomic mass is 9.95. The van der Waals surface area contributed by atoms with E-state index in [1.54, 1.807) is 36.5 Å². The molecule has 2 N–H and O–H groups in total. The molecule has 1 saturated heterocycles. The number of aromatic nitrogens is 4. The van der Waals surface area contributed by atoms with E-state index in [-0.39, 0.29) is 35.4 Å².